The molecule has 5 heteroatoms. The minimum atomic E-state index is -0.553. The number of rotatable bonds is 6. The predicted molar refractivity (Wildman–Crippen MR) is 86.2 cm³/mol. The Hall–Kier alpha value is -1.49. The lowest BCUT2D eigenvalue weighted by molar-refractivity contribution is -0.159. The van der Waals surface area contributed by atoms with Crippen LogP contribution in [0.2, 0.25) is 0 Å². The summed E-state index contributed by atoms with van der Waals surface area (Å²) in [6.07, 6.45) is 0.304. The smallest absolute Gasteiger partial charge is 0.326 e. The number of hydrogen-bond donors (Lipinski definition) is 1. The van der Waals surface area contributed by atoms with Gasteiger partial charge in [-0.15, -0.1) is 0 Å². The molecule has 0 aromatic heterocycles. The summed E-state index contributed by atoms with van der Waals surface area (Å²) in [5.41, 5.74) is 0.427. The zero-order chi connectivity index (χ0) is 15.9. The predicted octanol–water partition coefficient (Wildman–Crippen LogP) is 2.68. The van der Waals surface area contributed by atoms with Gasteiger partial charge in [0.25, 0.3) is 0 Å². The molecule has 21 heavy (non-hydrogen) atoms. The summed E-state index contributed by atoms with van der Waals surface area (Å²) < 4.78 is 5.28. The number of benzene rings is 1. The average molecular weight is 309 g/mol. The third kappa shape index (κ3) is 7.18. The van der Waals surface area contributed by atoms with E-state index in [9.17, 15) is 9.59 Å². The molecule has 0 heterocycles. The van der Waals surface area contributed by atoms with E-state index in [2.05, 4.69) is 12.6 Å². The van der Waals surface area contributed by atoms with E-state index in [0.717, 1.165) is 5.56 Å². The fourth-order valence-corrected chi connectivity index (χ4v) is 2.01. The van der Waals surface area contributed by atoms with Crippen molar-refractivity contribution < 1.29 is 14.3 Å². The van der Waals surface area contributed by atoms with Gasteiger partial charge < -0.3 is 9.64 Å². The highest BCUT2D eigenvalue weighted by Gasteiger charge is 2.21. The van der Waals surface area contributed by atoms with Gasteiger partial charge in [-0.2, -0.15) is 12.6 Å². The largest absolute Gasteiger partial charge is 0.459 e. The highest BCUT2D eigenvalue weighted by Crippen LogP contribution is 2.10. The standard InChI is InChI=1S/C16H23NO3S/c1-16(2,3)20-15(19)12-17(14(18)9-10-21)11-13-7-5-4-6-8-13/h4-8,21H,9-12H2,1-3H3. The summed E-state index contributed by atoms with van der Waals surface area (Å²) >= 11 is 4.08. The van der Waals surface area contributed by atoms with Gasteiger partial charge in [0.2, 0.25) is 5.91 Å². The molecule has 1 aromatic rings. The zero-order valence-electron chi connectivity index (χ0n) is 12.8. The Morgan fingerprint density at radius 2 is 1.81 bits per heavy atom. The Morgan fingerprint density at radius 1 is 1.19 bits per heavy atom. The number of esters is 1. The van der Waals surface area contributed by atoms with E-state index < -0.39 is 11.6 Å². The molecule has 1 rings (SSSR count). The molecular weight excluding hydrogens is 286 g/mol. The van der Waals surface area contributed by atoms with Crippen molar-refractivity contribution in [2.24, 2.45) is 0 Å². The second kappa shape index (κ2) is 8.08. The van der Waals surface area contributed by atoms with Crippen molar-refractivity contribution in [2.45, 2.75) is 39.3 Å². The number of carbonyl (C=O) groups is 2. The number of carbonyl (C=O) groups excluding carboxylic acids is 2. The molecule has 0 aliphatic rings. The van der Waals surface area contributed by atoms with E-state index >= 15 is 0 Å². The van der Waals surface area contributed by atoms with Crippen LogP contribution in [0.4, 0.5) is 0 Å². The minimum Gasteiger partial charge on any atom is -0.459 e. The number of ether oxygens (including phenoxy) is 1. The Bertz CT molecular complexity index is 468. The van der Waals surface area contributed by atoms with E-state index in [0.29, 0.717) is 18.7 Å². The first kappa shape index (κ1) is 17.6. The van der Waals surface area contributed by atoms with Crippen molar-refractivity contribution in [3.63, 3.8) is 0 Å². The van der Waals surface area contributed by atoms with Gasteiger partial charge in [0.1, 0.15) is 12.1 Å². The van der Waals surface area contributed by atoms with Crippen LogP contribution in [0.3, 0.4) is 0 Å². The maximum Gasteiger partial charge on any atom is 0.326 e. The van der Waals surface area contributed by atoms with Crippen molar-refractivity contribution >= 4 is 24.5 Å². The lowest BCUT2D eigenvalue weighted by atomic mass is 10.2. The van der Waals surface area contributed by atoms with E-state index in [1.807, 2.05) is 51.1 Å². The second-order valence-electron chi connectivity index (χ2n) is 5.80. The highest BCUT2D eigenvalue weighted by atomic mass is 32.1. The molecule has 1 aromatic carbocycles. The molecule has 0 saturated carbocycles. The van der Waals surface area contributed by atoms with Crippen LogP contribution in [0, 0.1) is 0 Å². The van der Waals surface area contributed by atoms with Gasteiger partial charge in [-0.3, -0.25) is 9.59 Å². The van der Waals surface area contributed by atoms with E-state index in [1.165, 1.54) is 4.90 Å². The molecule has 0 radical (unpaired) electrons. The van der Waals surface area contributed by atoms with Crippen molar-refractivity contribution in [1.82, 2.24) is 4.90 Å². The fourth-order valence-electron chi connectivity index (χ4n) is 1.82. The molecule has 0 aliphatic heterocycles. The number of amides is 1. The maximum atomic E-state index is 12.1. The second-order valence-corrected chi connectivity index (χ2v) is 6.24. The van der Waals surface area contributed by atoms with Gasteiger partial charge in [-0.05, 0) is 32.1 Å². The summed E-state index contributed by atoms with van der Waals surface area (Å²) in [5.74, 6) is -0.0380. The van der Waals surface area contributed by atoms with Crippen molar-refractivity contribution in [2.75, 3.05) is 12.3 Å². The SMILES string of the molecule is CC(C)(C)OC(=O)CN(Cc1ccccc1)C(=O)CCS. The van der Waals surface area contributed by atoms with Crippen LogP contribution in [0.5, 0.6) is 0 Å². The topological polar surface area (TPSA) is 46.6 Å². The summed E-state index contributed by atoms with van der Waals surface area (Å²) in [6, 6.07) is 9.58. The molecule has 4 nitrogen and oxygen atoms in total. The molecule has 0 saturated heterocycles. The first-order chi connectivity index (χ1) is 9.81. The lowest BCUT2D eigenvalue weighted by Crippen LogP contribution is -2.38. The number of thiol groups is 1. The Labute approximate surface area is 131 Å². The lowest BCUT2D eigenvalue weighted by Gasteiger charge is -2.25. The Balaban J connectivity index is 2.73. The van der Waals surface area contributed by atoms with Gasteiger partial charge in [0.05, 0.1) is 0 Å². The third-order valence-electron chi connectivity index (χ3n) is 2.63. The Morgan fingerprint density at radius 3 is 2.33 bits per heavy atom. The van der Waals surface area contributed by atoms with Crippen molar-refractivity contribution in [1.29, 1.82) is 0 Å². The van der Waals surface area contributed by atoms with Crippen LogP contribution in [0.1, 0.15) is 32.8 Å². The molecule has 0 fully saturated rings. The quantitative estimate of drug-likeness (QED) is 0.649. The third-order valence-corrected chi connectivity index (χ3v) is 2.86. The molecule has 0 aliphatic carbocycles. The fraction of sp³-hybridized carbons (Fsp3) is 0.500. The monoisotopic (exact) mass is 309 g/mol. The minimum absolute atomic E-state index is 0.0429. The van der Waals surface area contributed by atoms with Crippen LogP contribution >= 0.6 is 12.6 Å². The summed E-state index contributed by atoms with van der Waals surface area (Å²) in [4.78, 5) is 25.6. The number of nitrogens with zero attached hydrogens (tertiary/aromatic N) is 1. The first-order valence-electron chi connectivity index (χ1n) is 6.96. The van der Waals surface area contributed by atoms with Crippen LogP contribution < -0.4 is 0 Å². The average Bonchev–Trinajstić information content (AvgIpc) is 2.37. The molecular formula is C16H23NO3S. The van der Waals surface area contributed by atoms with Crippen LogP contribution in [0.15, 0.2) is 30.3 Å². The van der Waals surface area contributed by atoms with Crippen molar-refractivity contribution in [3.8, 4) is 0 Å². The van der Waals surface area contributed by atoms with Crippen LogP contribution in [-0.2, 0) is 20.9 Å². The number of hydrogen-bond acceptors (Lipinski definition) is 4. The maximum absolute atomic E-state index is 12.1. The normalized spacial score (nSPS) is 11.0. The molecule has 0 unspecified atom stereocenters. The first-order valence-corrected chi connectivity index (χ1v) is 7.59. The van der Waals surface area contributed by atoms with Gasteiger partial charge in [0, 0.05) is 13.0 Å². The summed E-state index contributed by atoms with van der Waals surface area (Å²) in [7, 11) is 0. The molecule has 0 N–H and O–H groups in total. The summed E-state index contributed by atoms with van der Waals surface area (Å²) in [6.45, 7) is 5.78. The molecule has 0 atom stereocenters. The molecule has 0 bridgehead atoms. The summed E-state index contributed by atoms with van der Waals surface area (Å²) in [5, 5.41) is 0. The van der Waals surface area contributed by atoms with E-state index in [-0.39, 0.29) is 12.5 Å². The van der Waals surface area contributed by atoms with Gasteiger partial charge in [-0.25, -0.2) is 0 Å². The molecule has 116 valence electrons. The zero-order valence-corrected chi connectivity index (χ0v) is 13.7. The van der Waals surface area contributed by atoms with Crippen LogP contribution in [0.25, 0.3) is 0 Å². The molecule has 0 spiro atoms. The van der Waals surface area contributed by atoms with Gasteiger partial charge >= 0.3 is 5.97 Å². The molecule has 1 amide bonds. The van der Waals surface area contributed by atoms with Gasteiger partial charge in [-0.1, -0.05) is 30.3 Å². The van der Waals surface area contributed by atoms with E-state index in [4.69, 9.17) is 4.74 Å². The highest BCUT2D eigenvalue weighted by molar-refractivity contribution is 7.80. The van der Waals surface area contributed by atoms with E-state index in [1.54, 1.807) is 0 Å². The van der Waals surface area contributed by atoms with Crippen LogP contribution in [-0.4, -0.2) is 34.7 Å². The Kier molecular flexibility index (Phi) is 6.75. The van der Waals surface area contributed by atoms with Crippen molar-refractivity contribution in [3.05, 3.63) is 35.9 Å². The van der Waals surface area contributed by atoms with Gasteiger partial charge in [0.15, 0.2) is 0 Å².